The molecule has 0 atom stereocenters. The van der Waals surface area contributed by atoms with Crippen LogP contribution in [0.15, 0.2) is 78.9 Å². The fourth-order valence-electron chi connectivity index (χ4n) is 5.77. The van der Waals surface area contributed by atoms with Gasteiger partial charge in [0.1, 0.15) is 11.6 Å². The summed E-state index contributed by atoms with van der Waals surface area (Å²) in [5.41, 5.74) is 5.02. The summed E-state index contributed by atoms with van der Waals surface area (Å²) in [6, 6.07) is 21.4. The van der Waals surface area contributed by atoms with Crippen LogP contribution in [0.2, 0.25) is 0 Å². The van der Waals surface area contributed by atoms with Crippen molar-refractivity contribution in [1.82, 2.24) is 4.98 Å². The van der Waals surface area contributed by atoms with Crippen molar-refractivity contribution >= 4 is 5.82 Å². The van der Waals surface area contributed by atoms with Crippen LogP contribution in [0.4, 0.5) is 23.4 Å². The van der Waals surface area contributed by atoms with E-state index < -0.39 is 11.7 Å². The summed E-state index contributed by atoms with van der Waals surface area (Å²) in [5.74, 6) is 0.481. The van der Waals surface area contributed by atoms with Gasteiger partial charge in [0, 0.05) is 25.1 Å². The van der Waals surface area contributed by atoms with Gasteiger partial charge in [0.15, 0.2) is 0 Å². The second-order valence-electron chi connectivity index (χ2n) is 10.5. The summed E-state index contributed by atoms with van der Waals surface area (Å²) in [4.78, 5) is 7.21. The number of halogens is 4. The minimum absolute atomic E-state index is 0.195. The van der Waals surface area contributed by atoms with Crippen molar-refractivity contribution in [2.24, 2.45) is 0 Å². The third-order valence-corrected chi connectivity index (χ3v) is 7.73. The molecular weight excluding hydrogens is 516 g/mol. The van der Waals surface area contributed by atoms with Gasteiger partial charge >= 0.3 is 6.18 Å². The van der Waals surface area contributed by atoms with E-state index in [0.717, 1.165) is 65.8 Å². The van der Waals surface area contributed by atoms with Crippen molar-refractivity contribution < 1.29 is 22.7 Å². The summed E-state index contributed by atoms with van der Waals surface area (Å²) in [7, 11) is 1.94. The largest absolute Gasteiger partial charge is 0.416 e. The molecule has 7 heteroatoms. The van der Waals surface area contributed by atoms with Crippen molar-refractivity contribution in [3.63, 3.8) is 0 Å². The van der Waals surface area contributed by atoms with Gasteiger partial charge in [-0.05, 0) is 71.3 Å². The molecule has 1 fully saturated rings. The third-order valence-electron chi connectivity index (χ3n) is 7.73. The predicted octanol–water partition coefficient (Wildman–Crippen LogP) is 8.28. The van der Waals surface area contributed by atoms with Crippen LogP contribution >= 0.6 is 0 Å². The number of hydrogen-bond acceptors (Lipinski definition) is 3. The Labute approximate surface area is 232 Å². The van der Waals surface area contributed by atoms with E-state index in [1.807, 2.05) is 42.3 Å². The number of aliphatic hydroxyl groups is 1. The lowest BCUT2D eigenvalue weighted by Crippen LogP contribution is -2.22. The molecule has 208 valence electrons. The molecule has 1 aliphatic carbocycles. The smallest absolute Gasteiger partial charge is 0.392 e. The number of alkyl halides is 3. The standard InChI is InChI=1S/C33H32F4N2O/c1-39(20-23-7-3-2-4-8-23)32-29(21-40)30(24-13-17-27(34)18-14-24)28(31(38-32)25-9-5-6-10-25)19-22-11-15-26(16-12-22)33(35,36)37/h2-4,7-8,11-18,25,40H,5-6,9-10,19-21H2,1H3. The Bertz CT molecular complexity index is 1430. The van der Waals surface area contributed by atoms with Crippen molar-refractivity contribution in [2.75, 3.05) is 11.9 Å². The van der Waals surface area contributed by atoms with Gasteiger partial charge in [-0.1, -0.05) is 67.4 Å². The Morgan fingerprint density at radius 2 is 1.50 bits per heavy atom. The summed E-state index contributed by atoms with van der Waals surface area (Å²) in [6.07, 6.45) is 0.0267. The second-order valence-corrected chi connectivity index (χ2v) is 10.5. The lowest BCUT2D eigenvalue weighted by molar-refractivity contribution is -0.137. The van der Waals surface area contributed by atoms with Crippen LogP contribution in [0, 0.1) is 5.82 Å². The molecule has 0 amide bonds. The number of rotatable bonds is 8. The molecule has 0 radical (unpaired) electrons. The maximum absolute atomic E-state index is 14.0. The molecule has 0 spiro atoms. The lowest BCUT2D eigenvalue weighted by Gasteiger charge is -2.28. The van der Waals surface area contributed by atoms with Gasteiger partial charge in [-0.2, -0.15) is 13.2 Å². The fourth-order valence-corrected chi connectivity index (χ4v) is 5.77. The first kappa shape index (κ1) is 27.8. The predicted molar refractivity (Wildman–Crippen MR) is 150 cm³/mol. The van der Waals surface area contributed by atoms with E-state index in [1.165, 1.54) is 24.3 Å². The normalized spacial score (nSPS) is 14.1. The summed E-state index contributed by atoms with van der Waals surface area (Å²) in [5, 5.41) is 10.7. The highest BCUT2D eigenvalue weighted by molar-refractivity contribution is 5.77. The Balaban J connectivity index is 1.69. The minimum Gasteiger partial charge on any atom is -0.392 e. The lowest BCUT2D eigenvalue weighted by atomic mass is 9.85. The fraction of sp³-hybridized carbons (Fsp3) is 0.303. The van der Waals surface area contributed by atoms with E-state index in [1.54, 1.807) is 12.1 Å². The molecule has 0 aliphatic heterocycles. The molecule has 0 bridgehead atoms. The molecule has 5 rings (SSSR count). The van der Waals surface area contributed by atoms with Crippen LogP contribution < -0.4 is 4.90 Å². The first-order valence-corrected chi connectivity index (χ1v) is 13.6. The van der Waals surface area contributed by atoms with Gasteiger partial charge in [-0.25, -0.2) is 9.37 Å². The monoisotopic (exact) mass is 548 g/mol. The highest BCUT2D eigenvalue weighted by atomic mass is 19.4. The van der Waals surface area contributed by atoms with E-state index in [4.69, 9.17) is 4.98 Å². The number of pyridine rings is 1. The quantitative estimate of drug-likeness (QED) is 0.225. The Hall–Kier alpha value is -3.71. The SMILES string of the molecule is CN(Cc1ccccc1)c1nc(C2CCCC2)c(Cc2ccc(C(F)(F)F)cc2)c(-c2ccc(F)cc2)c1CO. The first-order valence-electron chi connectivity index (χ1n) is 13.6. The summed E-state index contributed by atoms with van der Waals surface area (Å²) >= 11 is 0. The molecule has 4 aromatic rings. The number of aliphatic hydroxyl groups excluding tert-OH is 1. The van der Waals surface area contributed by atoms with Crippen molar-refractivity contribution in [3.05, 3.63) is 118 Å². The Kier molecular flexibility index (Phi) is 8.22. The van der Waals surface area contributed by atoms with E-state index in [0.29, 0.717) is 29.9 Å². The maximum atomic E-state index is 14.0. The number of anilines is 1. The van der Waals surface area contributed by atoms with Crippen LogP contribution in [0.1, 0.15) is 65.1 Å². The molecule has 40 heavy (non-hydrogen) atoms. The van der Waals surface area contributed by atoms with Crippen LogP contribution in [-0.2, 0) is 25.7 Å². The average Bonchev–Trinajstić information content (AvgIpc) is 3.48. The molecule has 1 aliphatic rings. The molecular formula is C33H32F4N2O. The number of nitrogens with zero attached hydrogens (tertiary/aromatic N) is 2. The minimum atomic E-state index is -4.41. The molecule has 1 heterocycles. The van der Waals surface area contributed by atoms with Crippen molar-refractivity contribution in [1.29, 1.82) is 0 Å². The van der Waals surface area contributed by atoms with Crippen molar-refractivity contribution in [3.8, 4) is 11.1 Å². The van der Waals surface area contributed by atoms with Gasteiger partial charge in [-0.15, -0.1) is 0 Å². The zero-order valence-electron chi connectivity index (χ0n) is 22.4. The molecule has 0 unspecified atom stereocenters. The summed E-state index contributed by atoms with van der Waals surface area (Å²) in [6.45, 7) is 0.283. The zero-order chi connectivity index (χ0) is 28.3. The number of hydrogen-bond donors (Lipinski definition) is 1. The Morgan fingerprint density at radius 3 is 2.10 bits per heavy atom. The first-order chi connectivity index (χ1) is 19.2. The zero-order valence-corrected chi connectivity index (χ0v) is 22.4. The molecule has 3 aromatic carbocycles. The molecule has 3 nitrogen and oxygen atoms in total. The van der Waals surface area contributed by atoms with Crippen LogP contribution in [0.5, 0.6) is 0 Å². The van der Waals surface area contributed by atoms with Gasteiger partial charge < -0.3 is 10.0 Å². The van der Waals surface area contributed by atoms with Crippen LogP contribution in [-0.4, -0.2) is 17.1 Å². The van der Waals surface area contributed by atoms with Gasteiger partial charge in [0.05, 0.1) is 17.9 Å². The number of benzene rings is 3. The van der Waals surface area contributed by atoms with Crippen LogP contribution in [0.3, 0.4) is 0 Å². The van der Waals surface area contributed by atoms with Crippen LogP contribution in [0.25, 0.3) is 11.1 Å². The summed E-state index contributed by atoms with van der Waals surface area (Å²) < 4.78 is 53.7. The van der Waals surface area contributed by atoms with E-state index in [9.17, 15) is 22.7 Å². The van der Waals surface area contributed by atoms with E-state index in [2.05, 4.69) is 0 Å². The van der Waals surface area contributed by atoms with E-state index >= 15 is 0 Å². The van der Waals surface area contributed by atoms with Gasteiger partial charge in [0.2, 0.25) is 0 Å². The highest BCUT2D eigenvalue weighted by Gasteiger charge is 2.31. The number of aromatic nitrogens is 1. The molecule has 1 aromatic heterocycles. The third kappa shape index (κ3) is 6.04. The Morgan fingerprint density at radius 1 is 0.850 bits per heavy atom. The molecule has 1 N–H and O–H groups in total. The second kappa shape index (κ2) is 11.8. The van der Waals surface area contributed by atoms with Gasteiger partial charge in [0.25, 0.3) is 0 Å². The van der Waals surface area contributed by atoms with Crippen molar-refractivity contribution in [2.45, 2.75) is 57.3 Å². The topological polar surface area (TPSA) is 36.4 Å². The average molecular weight is 549 g/mol. The highest BCUT2D eigenvalue weighted by Crippen LogP contribution is 2.43. The maximum Gasteiger partial charge on any atom is 0.416 e. The van der Waals surface area contributed by atoms with E-state index in [-0.39, 0.29) is 18.3 Å². The van der Waals surface area contributed by atoms with Gasteiger partial charge in [-0.3, -0.25) is 0 Å². The molecule has 0 saturated heterocycles. The molecule has 1 saturated carbocycles.